The van der Waals surface area contributed by atoms with Gasteiger partial charge in [0.2, 0.25) is 0 Å². The van der Waals surface area contributed by atoms with Gasteiger partial charge in [-0.05, 0) is 0 Å². The maximum Gasteiger partial charge on any atom is 2.00 e. The van der Waals surface area contributed by atoms with Crippen molar-refractivity contribution in [3.63, 3.8) is 0 Å². The fourth-order valence-corrected chi connectivity index (χ4v) is 0. The van der Waals surface area contributed by atoms with Crippen LogP contribution in [0.2, 0.25) is 0 Å². The molecule has 0 bridgehead atoms. The van der Waals surface area contributed by atoms with Crippen molar-refractivity contribution in [2.45, 2.75) is 0 Å². The van der Waals surface area contributed by atoms with Gasteiger partial charge in [-0.2, -0.15) is 0 Å². The van der Waals surface area contributed by atoms with Crippen molar-refractivity contribution in [2.75, 3.05) is 0 Å². The molecule has 0 unspecified atom stereocenters. The van der Waals surface area contributed by atoms with Gasteiger partial charge in [-0.25, -0.2) is 0 Å². The Morgan fingerprint density at radius 1 is 1.29 bits per heavy atom. The molecule has 0 amide bonds. The molecule has 0 rings (SSSR count). The first-order valence-electron chi connectivity index (χ1n) is 0.943. The second-order valence-corrected chi connectivity index (χ2v) is 4.72. The zero-order valence-electron chi connectivity index (χ0n) is 3.83. The Kier molecular flexibility index (Phi) is 143. The fourth-order valence-electron chi connectivity index (χ4n) is 0. The van der Waals surface area contributed by atoms with Gasteiger partial charge in [0.05, 0.1) is 0 Å². The third-order valence-electron chi connectivity index (χ3n) is 0. The van der Waals surface area contributed by atoms with E-state index in [0.29, 0.717) is 0 Å². The Morgan fingerprint density at radius 3 is 1.29 bits per heavy atom. The Labute approximate surface area is 82.3 Å². The van der Waals surface area contributed by atoms with Crippen molar-refractivity contribution in [2.24, 2.45) is 0 Å². The van der Waals surface area contributed by atoms with Gasteiger partial charge in [0.1, 0.15) is 0 Å². The van der Waals surface area contributed by atoms with Crippen LogP contribution in [0.25, 0.3) is 0 Å². The van der Waals surface area contributed by atoms with Crippen LogP contribution < -0.4 is 12.4 Å². The minimum Gasteiger partial charge on any atom is 2.00 e. The van der Waals surface area contributed by atoms with Crippen LogP contribution in [0.5, 0.6) is 0 Å². The fraction of sp³-hybridized carbons (Fsp3) is 0. The van der Waals surface area contributed by atoms with E-state index in [1.807, 2.05) is 0 Å². The summed E-state index contributed by atoms with van der Waals surface area (Å²) in [6.07, 6.45) is 0. The van der Waals surface area contributed by atoms with Gasteiger partial charge in [-0.3, -0.25) is 6.58 Å². The molecule has 0 radical (unpaired) electrons. The summed E-state index contributed by atoms with van der Waals surface area (Å²) in [5.74, 6) is 0. The van der Waals surface area contributed by atoms with Crippen molar-refractivity contribution in [1.29, 1.82) is 0 Å². The van der Waals surface area contributed by atoms with E-state index in [1.54, 1.807) is 0 Å². The second kappa shape index (κ2) is 43.6. The molecule has 0 heterocycles. The summed E-state index contributed by atoms with van der Waals surface area (Å²) in [5, 5.41) is 0. The van der Waals surface area contributed by atoms with E-state index in [1.165, 1.54) is 0 Å². The molecule has 0 aliphatic heterocycles. The van der Waals surface area contributed by atoms with Crippen LogP contribution >= 0.6 is 19.4 Å². The van der Waals surface area contributed by atoms with Crippen LogP contribution in [0.3, 0.4) is 0 Å². The summed E-state index contributed by atoms with van der Waals surface area (Å²) < 4.78 is 0. The van der Waals surface area contributed by atoms with E-state index in [9.17, 15) is 0 Å². The molecule has 0 atom stereocenters. The van der Waals surface area contributed by atoms with E-state index in [0.717, 1.165) is 0 Å². The average Bonchev–Trinajstić information content (AvgIpc) is 1.46. The summed E-state index contributed by atoms with van der Waals surface area (Å²) in [7, 11) is 9.90. The molecule has 36 valence electrons. The van der Waals surface area contributed by atoms with Crippen LogP contribution in [0.4, 0.5) is 0 Å². The van der Waals surface area contributed by atoms with Gasteiger partial charge in [0, 0.05) is 0 Å². The van der Waals surface area contributed by atoms with Gasteiger partial charge in [0.15, 0.2) is 0 Å². The standard InChI is InChI=1S/C2H3.3ClH.Mg.Zn/c1-2;;;;;/h1H,2H2;3*1H;;/q-1;;;;2*+2/p-3. The summed E-state index contributed by atoms with van der Waals surface area (Å²) in [5.41, 5.74) is 0. The molecule has 0 aliphatic carbocycles. The van der Waals surface area contributed by atoms with Gasteiger partial charge < -0.3 is 19.0 Å². The molecule has 0 aliphatic rings. The normalized spacial score (nSPS) is 2.00. The van der Waals surface area contributed by atoms with Crippen molar-refractivity contribution in [1.82, 2.24) is 0 Å². The Bertz CT molecular complexity index is 16.9. The third kappa shape index (κ3) is 72.0. The van der Waals surface area contributed by atoms with Gasteiger partial charge >= 0.3 is 57.6 Å². The zero-order chi connectivity index (χ0) is 4.71. The number of halogens is 3. The van der Waals surface area contributed by atoms with E-state index in [4.69, 9.17) is 19.4 Å². The van der Waals surface area contributed by atoms with E-state index >= 15 is 0 Å². The first kappa shape index (κ1) is 23.0. The summed E-state index contributed by atoms with van der Waals surface area (Å²) in [4.78, 5) is 0. The SMILES string of the molecule is [CH-]=C.[Cl-].[Cl][Zn][Cl].[Mg+2]. The van der Waals surface area contributed by atoms with Crippen LogP contribution in [-0.2, 0) is 15.1 Å². The average molecular weight is 223 g/mol. The number of rotatable bonds is 0. The minimum atomic E-state index is -0.931. The summed E-state index contributed by atoms with van der Waals surface area (Å²) >= 11 is -0.931. The molecule has 0 saturated heterocycles. The van der Waals surface area contributed by atoms with Gasteiger partial charge in [-0.1, -0.05) is 0 Å². The Hall–Kier alpha value is 2.00. The maximum atomic E-state index is 4.95. The largest absolute Gasteiger partial charge is 2.00 e. The molecule has 0 aromatic carbocycles. The van der Waals surface area contributed by atoms with Crippen LogP contribution in [0.1, 0.15) is 0 Å². The van der Waals surface area contributed by atoms with Gasteiger partial charge in [0.25, 0.3) is 0 Å². The first-order chi connectivity index (χ1) is 2.41. The quantitative estimate of drug-likeness (QED) is 0.350. The van der Waals surface area contributed by atoms with E-state index in [-0.39, 0.29) is 35.5 Å². The predicted molar refractivity (Wildman–Crippen MR) is 27.4 cm³/mol. The number of hydrogen-bond acceptors (Lipinski definition) is 0. The second-order valence-electron chi connectivity index (χ2n) is 0.101. The molecular weight excluding hydrogens is 220 g/mol. The van der Waals surface area contributed by atoms with Gasteiger partial charge in [-0.15, -0.1) is 0 Å². The van der Waals surface area contributed by atoms with Crippen LogP contribution in [-0.4, -0.2) is 23.1 Å². The molecule has 0 aromatic rings. The van der Waals surface area contributed by atoms with E-state index in [2.05, 4.69) is 13.2 Å². The summed E-state index contributed by atoms with van der Waals surface area (Å²) in [6, 6.07) is 0. The molecular formula is C2H3Cl3MgZn. The predicted octanol–water partition coefficient (Wildman–Crippen LogP) is -1.39. The maximum absolute atomic E-state index is 4.95. The van der Waals surface area contributed by atoms with Crippen molar-refractivity contribution >= 4 is 42.4 Å². The minimum absolute atomic E-state index is 0. The van der Waals surface area contributed by atoms with E-state index < -0.39 is 15.1 Å². The Morgan fingerprint density at radius 2 is 1.29 bits per heavy atom. The molecule has 0 aromatic heterocycles. The van der Waals surface area contributed by atoms with Crippen molar-refractivity contribution in [3.8, 4) is 0 Å². The zero-order valence-corrected chi connectivity index (χ0v) is 10.5. The summed E-state index contributed by atoms with van der Waals surface area (Å²) in [6.45, 7) is 7.00. The monoisotopic (exact) mass is 220 g/mol. The van der Waals surface area contributed by atoms with Crippen LogP contribution in [0.15, 0.2) is 6.58 Å². The Balaban J connectivity index is -0.0000000105. The topological polar surface area (TPSA) is 0 Å². The molecule has 0 saturated carbocycles. The molecule has 0 spiro atoms. The smallest absolute Gasteiger partial charge is 2.00 e. The van der Waals surface area contributed by atoms with Crippen molar-refractivity contribution < 1.29 is 27.6 Å². The molecule has 7 heavy (non-hydrogen) atoms. The molecule has 0 N–H and O–H groups in total. The third-order valence-corrected chi connectivity index (χ3v) is 0. The molecule has 0 fully saturated rings. The van der Waals surface area contributed by atoms with Crippen molar-refractivity contribution in [3.05, 3.63) is 13.2 Å². The number of hydrogen-bond donors (Lipinski definition) is 0. The van der Waals surface area contributed by atoms with Crippen LogP contribution in [0, 0.1) is 6.58 Å². The molecule has 5 heteroatoms. The first-order valence-corrected chi connectivity index (χ1v) is 8.74. The molecule has 0 nitrogen and oxygen atoms in total.